The van der Waals surface area contributed by atoms with Crippen LogP contribution in [0.25, 0.3) is 0 Å². The van der Waals surface area contributed by atoms with Crippen molar-refractivity contribution in [1.29, 1.82) is 0 Å². The fourth-order valence-corrected chi connectivity index (χ4v) is 2.51. The van der Waals surface area contributed by atoms with Crippen LogP contribution in [0.5, 0.6) is 0 Å². The third-order valence-electron chi connectivity index (χ3n) is 3.35. The van der Waals surface area contributed by atoms with Crippen LogP contribution in [-0.2, 0) is 4.74 Å². The first-order chi connectivity index (χ1) is 6.47. The van der Waals surface area contributed by atoms with E-state index in [0.717, 1.165) is 19.3 Å². The van der Waals surface area contributed by atoms with E-state index in [1.165, 1.54) is 51.6 Å². The van der Waals surface area contributed by atoms with Crippen molar-refractivity contribution in [2.45, 2.75) is 44.6 Å². The van der Waals surface area contributed by atoms with E-state index in [2.05, 4.69) is 4.90 Å². The van der Waals surface area contributed by atoms with Crippen LogP contribution in [0.2, 0.25) is 0 Å². The average molecular weight is 183 g/mol. The van der Waals surface area contributed by atoms with Crippen LogP contribution < -0.4 is 0 Å². The normalized spacial score (nSPS) is 28.6. The maximum absolute atomic E-state index is 5.40. The van der Waals surface area contributed by atoms with Crippen LogP contribution in [-0.4, -0.2) is 37.2 Å². The van der Waals surface area contributed by atoms with Gasteiger partial charge >= 0.3 is 0 Å². The summed E-state index contributed by atoms with van der Waals surface area (Å²) in [6.45, 7) is 4.65. The zero-order valence-electron chi connectivity index (χ0n) is 8.50. The standard InChI is InChI=1S/C11H21NO/c1-2-4-8-12(7-3-1)11-5-9-13-10-6-11/h11H,1-10H2. The first kappa shape index (κ1) is 9.47. The Labute approximate surface area is 81.3 Å². The van der Waals surface area contributed by atoms with Gasteiger partial charge in [-0.1, -0.05) is 12.8 Å². The summed E-state index contributed by atoms with van der Waals surface area (Å²) in [6, 6.07) is 0.840. The number of hydrogen-bond acceptors (Lipinski definition) is 2. The van der Waals surface area contributed by atoms with Crippen LogP contribution in [0.4, 0.5) is 0 Å². The predicted octanol–water partition coefficient (Wildman–Crippen LogP) is 2.04. The summed E-state index contributed by atoms with van der Waals surface area (Å²) >= 11 is 0. The molecule has 0 aromatic heterocycles. The predicted molar refractivity (Wildman–Crippen MR) is 53.9 cm³/mol. The van der Waals surface area contributed by atoms with Gasteiger partial charge < -0.3 is 9.64 Å². The lowest BCUT2D eigenvalue weighted by atomic mass is 10.1. The fourth-order valence-electron chi connectivity index (χ4n) is 2.51. The van der Waals surface area contributed by atoms with Gasteiger partial charge in [0.2, 0.25) is 0 Å². The number of nitrogens with zero attached hydrogens (tertiary/aromatic N) is 1. The van der Waals surface area contributed by atoms with E-state index in [9.17, 15) is 0 Å². The second-order valence-electron chi connectivity index (χ2n) is 4.29. The average Bonchev–Trinajstić information content (AvgIpc) is 2.47. The van der Waals surface area contributed by atoms with Crippen molar-refractivity contribution in [2.75, 3.05) is 26.3 Å². The van der Waals surface area contributed by atoms with Crippen molar-refractivity contribution >= 4 is 0 Å². The highest BCUT2D eigenvalue weighted by Gasteiger charge is 2.21. The molecule has 2 saturated heterocycles. The zero-order chi connectivity index (χ0) is 8.93. The number of ether oxygens (including phenoxy) is 1. The molecule has 2 heterocycles. The Balaban J connectivity index is 1.82. The Morgan fingerprint density at radius 1 is 0.846 bits per heavy atom. The number of hydrogen-bond donors (Lipinski definition) is 0. The van der Waals surface area contributed by atoms with Gasteiger partial charge in [0.15, 0.2) is 0 Å². The monoisotopic (exact) mass is 183 g/mol. The Kier molecular flexibility index (Phi) is 3.62. The molecule has 2 fully saturated rings. The van der Waals surface area contributed by atoms with Crippen molar-refractivity contribution in [3.63, 3.8) is 0 Å². The summed E-state index contributed by atoms with van der Waals surface area (Å²) in [7, 11) is 0. The summed E-state index contributed by atoms with van der Waals surface area (Å²) in [5.41, 5.74) is 0. The summed E-state index contributed by atoms with van der Waals surface area (Å²) in [5.74, 6) is 0. The molecule has 0 aliphatic carbocycles. The minimum Gasteiger partial charge on any atom is -0.381 e. The largest absolute Gasteiger partial charge is 0.381 e. The summed E-state index contributed by atoms with van der Waals surface area (Å²) in [5, 5.41) is 0. The van der Waals surface area contributed by atoms with Gasteiger partial charge in [0.1, 0.15) is 0 Å². The van der Waals surface area contributed by atoms with Crippen LogP contribution in [0.3, 0.4) is 0 Å². The minimum absolute atomic E-state index is 0.840. The molecule has 13 heavy (non-hydrogen) atoms. The number of rotatable bonds is 1. The smallest absolute Gasteiger partial charge is 0.0480 e. The van der Waals surface area contributed by atoms with E-state index in [0.29, 0.717) is 0 Å². The Bertz CT molecular complexity index is 135. The maximum atomic E-state index is 5.40. The molecule has 0 N–H and O–H groups in total. The topological polar surface area (TPSA) is 12.5 Å². The van der Waals surface area contributed by atoms with E-state index in [-0.39, 0.29) is 0 Å². The van der Waals surface area contributed by atoms with E-state index < -0.39 is 0 Å². The molecule has 2 heteroatoms. The molecule has 0 radical (unpaired) electrons. The zero-order valence-corrected chi connectivity index (χ0v) is 8.50. The molecule has 0 atom stereocenters. The van der Waals surface area contributed by atoms with Crippen LogP contribution in [0.1, 0.15) is 38.5 Å². The Hall–Kier alpha value is -0.0800. The van der Waals surface area contributed by atoms with E-state index in [4.69, 9.17) is 4.74 Å². The molecular weight excluding hydrogens is 162 g/mol. The lowest BCUT2D eigenvalue weighted by Gasteiger charge is -2.33. The molecule has 0 spiro atoms. The Morgan fingerprint density at radius 3 is 2.08 bits per heavy atom. The second-order valence-corrected chi connectivity index (χ2v) is 4.29. The SMILES string of the molecule is C1CCCN(C2CCOCC2)CC1. The Morgan fingerprint density at radius 2 is 1.46 bits per heavy atom. The van der Waals surface area contributed by atoms with Crippen LogP contribution in [0.15, 0.2) is 0 Å². The fraction of sp³-hybridized carbons (Fsp3) is 1.00. The van der Waals surface area contributed by atoms with Gasteiger partial charge in [0.05, 0.1) is 0 Å². The molecule has 2 aliphatic rings. The highest BCUT2D eigenvalue weighted by atomic mass is 16.5. The van der Waals surface area contributed by atoms with Crippen LogP contribution in [0, 0.1) is 0 Å². The van der Waals surface area contributed by atoms with Crippen molar-refractivity contribution in [1.82, 2.24) is 4.90 Å². The lowest BCUT2D eigenvalue weighted by Crippen LogP contribution is -2.39. The summed E-state index contributed by atoms with van der Waals surface area (Å²) in [4.78, 5) is 2.70. The molecule has 2 nitrogen and oxygen atoms in total. The number of likely N-dealkylation sites (tertiary alicyclic amines) is 1. The van der Waals surface area contributed by atoms with Gasteiger partial charge in [-0.2, -0.15) is 0 Å². The minimum atomic E-state index is 0.840. The van der Waals surface area contributed by atoms with E-state index in [1.54, 1.807) is 0 Å². The quantitative estimate of drug-likeness (QED) is 0.617. The van der Waals surface area contributed by atoms with Gasteiger partial charge in [0, 0.05) is 19.3 Å². The molecule has 76 valence electrons. The highest BCUT2D eigenvalue weighted by molar-refractivity contribution is 4.76. The molecule has 2 rings (SSSR count). The second kappa shape index (κ2) is 4.97. The van der Waals surface area contributed by atoms with Gasteiger partial charge in [-0.05, 0) is 38.8 Å². The van der Waals surface area contributed by atoms with E-state index >= 15 is 0 Å². The third-order valence-corrected chi connectivity index (χ3v) is 3.35. The first-order valence-electron chi connectivity index (χ1n) is 5.78. The molecule has 0 saturated carbocycles. The molecule has 0 amide bonds. The molecular formula is C11H21NO. The van der Waals surface area contributed by atoms with Crippen molar-refractivity contribution in [2.24, 2.45) is 0 Å². The van der Waals surface area contributed by atoms with Gasteiger partial charge in [-0.15, -0.1) is 0 Å². The van der Waals surface area contributed by atoms with Crippen LogP contribution >= 0.6 is 0 Å². The summed E-state index contributed by atoms with van der Waals surface area (Å²) in [6.07, 6.45) is 8.24. The summed E-state index contributed by atoms with van der Waals surface area (Å²) < 4.78 is 5.40. The van der Waals surface area contributed by atoms with Crippen molar-refractivity contribution < 1.29 is 4.74 Å². The van der Waals surface area contributed by atoms with Gasteiger partial charge in [-0.3, -0.25) is 0 Å². The third kappa shape index (κ3) is 2.68. The molecule has 0 unspecified atom stereocenters. The molecule has 0 aromatic rings. The van der Waals surface area contributed by atoms with Crippen molar-refractivity contribution in [3.8, 4) is 0 Å². The highest BCUT2D eigenvalue weighted by Crippen LogP contribution is 2.18. The molecule has 0 aromatic carbocycles. The van der Waals surface area contributed by atoms with Crippen molar-refractivity contribution in [3.05, 3.63) is 0 Å². The molecule has 2 aliphatic heterocycles. The van der Waals surface area contributed by atoms with Gasteiger partial charge in [-0.25, -0.2) is 0 Å². The lowest BCUT2D eigenvalue weighted by molar-refractivity contribution is 0.0353. The van der Waals surface area contributed by atoms with E-state index in [1.807, 2.05) is 0 Å². The molecule has 0 bridgehead atoms. The maximum Gasteiger partial charge on any atom is 0.0480 e. The van der Waals surface area contributed by atoms with Gasteiger partial charge in [0.25, 0.3) is 0 Å². The first-order valence-corrected chi connectivity index (χ1v) is 5.78.